The van der Waals surface area contributed by atoms with Gasteiger partial charge in [0.15, 0.2) is 0 Å². The molecule has 8 aromatic rings. The molecule has 2 heterocycles. The van der Waals surface area contributed by atoms with Crippen molar-refractivity contribution in [1.82, 2.24) is 14.5 Å². The number of phenolic OH excluding ortho intramolecular Hbond substituents is 1. The molecule has 0 bridgehead atoms. The van der Waals surface area contributed by atoms with Gasteiger partial charge < -0.3 is 5.11 Å². The standard InChI is InChI=1S/C55H54N3O.Pt/c1-35-22-24-36(25-23-35)38-28-29-56-47(33-38)40-30-39(31-42(32-40)54(5,6)7)43-18-15-21-49-50(43)57-52(44-19-14-20-46(51(44)59)55(8,9)10)58(49)48-27-26-41(53(2,3)4)34-45(48)37-16-12-11-13-17-37;/h11-29,31-34,59H,1-10H3;/q-1;/i1D3,8D3,9D3,10D3,22D,23D,24D,25D;. The number of phenols is 1. The summed E-state index contributed by atoms with van der Waals surface area (Å²) in [6, 6.07) is 32.8. The van der Waals surface area contributed by atoms with E-state index in [0.29, 0.717) is 39.1 Å². The Morgan fingerprint density at radius 2 is 1.33 bits per heavy atom. The molecule has 0 aliphatic rings. The summed E-state index contributed by atoms with van der Waals surface area (Å²) in [6.45, 7) is -1.62. The van der Waals surface area contributed by atoms with E-state index in [-0.39, 0.29) is 49.0 Å². The summed E-state index contributed by atoms with van der Waals surface area (Å²) < 4.78 is 137. The molecular weight excluding hydrogens is 914 g/mol. The van der Waals surface area contributed by atoms with Crippen LogP contribution in [-0.2, 0) is 37.3 Å². The SMILES string of the molecule is [2H]c1c([2H])c(C([2H])([2H])[2H])c([2H])c([2H])c1-c1ccnc(-c2[c-]c(-c3cccc4c3nc(-c3cccc(C(C([2H])([2H])[2H])(C([2H])([2H])[2H])C([2H])([2H])[2H])c3O)n4-c3ccc(C(C)(C)C)cc3-c3ccccc3)cc(C(C)(C)C)c2)c1.[Pt]. The van der Waals surface area contributed by atoms with Crippen LogP contribution in [0.2, 0.25) is 0 Å². The van der Waals surface area contributed by atoms with Crippen LogP contribution in [0, 0.1) is 12.9 Å². The molecule has 6 aromatic carbocycles. The number of nitrogens with zero attached hydrogens (tertiary/aromatic N) is 3. The maximum Gasteiger partial charge on any atom is 0.148 e. The zero-order chi connectivity index (χ0) is 55.3. The molecule has 8 rings (SSSR count). The van der Waals surface area contributed by atoms with Gasteiger partial charge >= 0.3 is 0 Å². The molecule has 0 aliphatic carbocycles. The van der Waals surface area contributed by atoms with E-state index < -0.39 is 79.3 Å². The van der Waals surface area contributed by atoms with Gasteiger partial charge in [0.2, 0.25) is 0 Å². The number of hydrogen-bond acceptors (Lipinski definition) is 3. The predicted octanol–water partition coefficient (Wildman–Crippen LogP) is 14.5. The van der Waals surface area contributed by atoms with Crippen LogP contribution < -0.4 is 0 Å². The summed E-state index contributed by atoms with van der Waals surface area (Å²) in [4.78, 5) is 9.91. The normalized spacial score (nSPS) is 16.8. The van der Waals surface area contributed by atoms with E-state index in [1.54, 1.807) is 10.6 Å². The first-order chi connectivity index (χ1) is 34.6. The molecule has 1 N–H and O–H groups in total. The van der Waals surface area contributed by atoms with Gasteiger partial charge in [-0.1, -0.05) is 170 Å². The Kier molecular flexibility index (Phi) is 7.15. The molecule has 0 amide bonds. The second-order valence-corrected chi connectivity index (χ2v) is 16.9. The number of aromatic nitrogens is 3. The van der Waals surface area contributed by atoms with Crippen LogP contribution in [0.5, 0.6) is 5.75 Å². The number of rotatable bonds is 6. The van der Waals surface area contributed by atoms with Crippen molar-refractivity contribution in [3.05, 3.63) is 168 Å². The largest absolute Gasteiger partial charge is 0.507 e. The zero-order valence-electron chi connectivity index (χ0n) is 50.1. The minimum absolute atomic E-state index is 0. The fraction of sp³-hybridized carbons (Fsp3) is 0.236. The first kappa shape index (κ1) is 26.6. The molecule has 306 valence electrons. The second-order valence-electron chi connectivity index (χ2n) is 16.9. The number of fused-ring (bicyclic) bond motifs is 1. The topological polar surface area (TPSA) is 50.9 Å². The molecule has 0 atom stereocenters. The van der Waals surface area contributed by atoms with Crippen LogP contribution in [0.25, 0.3) is 72.7 Å². The van der Waals surface area contributed by atoms with Crippen LogP contribution >= 0.6 is 0 Å². The average Bonchev–Trinajstić information content (AvgIpc) is 3.69. The molecule has 0 spiro atoms. The van der Waals surface area contributed by atoms with Crippen molar-refractivity contribution < 1.29 is 48.1 Å². The smallest absolute Gasteiger partial charge is 0.148 e. The maximum atomic E-state index is 12.5. The Bertz CT molecular complexity index is 3460. The first-order valence-corrected chi connectivity index (χ1v) is 19.3. The van der Waals surface area contributed by atoms with Crippen molar-refractivity contribution in [3.8, 4) is 67.5 Å². The third kappa shape index (κ3) is 8.28. The van der Waals surface area contributed by atoms with E-state index in [4.69, 9.17) is 26.9 Å². The summed E-state index contributed by atoms with van der Waals surface area (Å²) >= 11 is 0. The third-order valence-electron chi connectivity index (χ3n) is 10.5. The van der Waals surface area contributed by atoms with E-state index >= 15 is 0 Å². The average molecular weight is 984 g/mol. The van der Waals surface area contributed by atoms with Crippen molar-refractivity contribution >= 4 is 11.0 Å². The summed E-state index contributed by atoms with van der Waals surface area (Å²) in [7, 11) is 0. The van der Waals surface area contributed by atoms with Crippen LogP contribution in [0.3, 0.4) is 0 Å². The van der Waals surface area contributed by atoms with Gasteiger partial charge in [0.25, 0.3) is 0 Å². The fourth-order valence-electron chi connectivity index (χ4n) is 7.29. The fourth-order valence-corrected chi connectivity index (χ4v) is 7.29. The van der Waals surface area contributed by atoms with E-state index in [2.05, 4.69) is 37.9 Å². The molecule has 0 saturated carbocycles. The van der Waals surface area contributed by atoms with Gasteiger partial charge in [0.1, 0.15) is 11.6 Å². The summed E-state index contributed by atoms with van der Waals surface area (Å²) in [5.74, 6) is -0.866. The molecule has 2 aromatic heterocycles. The molecule has 5 heteroatoms. The van der Waals surface area contributed by atoms with Crippen molar-refractivity contribution in [2.24, 2.45) is 0 Å². The van der Waals surface area contributed by atoms with Gasteiger partial charge in [0.05, 0.1) is 27.8 Å². The third-order valence-corrected chi connectivity index (χ3v) is 10.5. The summed E-state index contributed by atoms with van der Waals surface area (Å²) in [5.41, 5.74) is 0.807. The monoisotopic (exact) mass is 983 g/mol. The first-order valence-electron chi connectivity index (χ1n) is 27.3. The van der Waals surface area contributed by atoms with Crippen molar-refractivity contribution in [1.29, 1.82) is 0 Å². The number of aromatic hydroxyl groups is 1. The number of benzene rings is 6. The minimum atomic E-state index is -3.68. The summed E-state index contributed by atoms with van der Waals surface area (Å²) in [6.07, 6.45) is 1.45. The molecule has 0 aliphatic heterocycles. The van der Waals surface area contributed by atoms with Gasteiger partial charge in [-0.2, -0.15) is 0 Å². The van der Waals surface area contributed by atoms with E-state index in [0.717, 1.165) is 28.3 Å². The Balaban J connectivity index is 0.00000840. The van der Waals surface area contributed by atoms with Crippen molar-refractivity contribution in [2.75, 3.05) is 0 Å². The van der Waals surface area contributed by atoms with E-state index in [1.807, 2.05) is 93.6 Å². The van der Waals surface area contributed by atoms with Crippen LogP contribution in [0.4, 0.5) is 0 Å². The molecule has 0 radical (unpaired) electrons. The summed E-state index contributed by atoms with van der Waals surface area (Å²) in [5, 5.41) is 12.5. The van der Waals surface area contributed by atoms with Gasteiger partial charge in [0, 0.05) is 55.0 Å². The zero-order valence-corrected chi connectivity index (χ0v) is 36.3. The molecule has 0 fully saturated rings. The number of imidazole rings is 1. The van der Waals surface area contributed by atoms with Gasteiger partial charge in [-0.05, 0) is 81.2 Å². The van der Waals surface area contributed by atoms with Crippen LogP contribution in [0.15, 0.2) is 140 Å². The Morgan fingerprint density at radius 1 is 0.633 bits per heavy atom. The molecule has 4 nitrogen and oxygen atoms in total. The van der Waals surface area contributed by atoms with Gasteiger partial charge in [-0.3, -0.25) is 9.55 Å². The van der Waals surface area contributed by atoms with Crippen LogP contribution in [-0.4, -0.2) is 19.6 Å². The number of pyridine rings is 1. The molecule has 0 saturated heterocycles. The van der Waals surface area contributed by atoms with Gasteiger partial charge in [-0.15, -0.1) is 29.3 Å². The number of hydrogen-bond donors (Lipinski definition) is 1. The maximum absolute atomic E-state index is 12.5. The van der Waals surface area contributed by atoms with E-state index in [9.17, 15) is 5.11 Å². The Labute approximate surface area is 393 Å². The molecule has 60 heavy (non-hydrogen) atoms. The van der Waals surface area contributed by atoms with Crippen molar-refractivity contribution in [3.63, 3.8) is 0 Å². The number of para-hydroxylation sites is 2. The second kappa shape index (κ2) is 16.1. The molecular formula is C55H54N3OPt-. The predicted molar refractivity (Wildman–Crippen MR) is 247 cm³/mol. The quantitative estimate of drug-likeness (QED) is 0.169. The van der Waals surface area contributed by atoms with E-state index in [1.165, 1.54) is 24.4 Å². The molecule has 0 unspecified atom stereocenters. The van der Waals surface area contributed by atoms with Gasteiger partial charge in [-0.25, -0.2) is 4.98 Å². The Hall–Kier alpha value is -5.57. The van der Waals surface area contributed by atoms with Crippen LogP contribution in [0.1, 0.15) is 106 Å². The van der Waals surface area contributed by atoms with Crippen molar-refractivity contribution in [2.45, 2.75) is 85.2 Å². The Morgan fingerprint density at radius 3 is 2.03 bits per heavy atom. The minimum Gasteiger partial charge on any atom is -0.507 e.